The highest BCUT2D eigenvalue weighted by atomic mass is 79.9. The molecule has 0 unspecified atom stereocenters. The third-order valence-corrected chi connectivity index (χ3v) is 4.69. The third kappa shape index (κ3) is 2.60. The van der Waals surface area contributed by atoms with E-state index in [-0.39, 0.29) is 6.04 Å². The van der Waals surface area contributed by atoms with Crippen LogP contribution >= 0.6 is 15.9 Å². The van der Waals surface area contributed by atoms with Crippen molar-refractivity contribution in [1.82, 2.24) is 15.3 Å². The van der Waals surface area contributed by atoms with E-state index in [9.17, 15) is 0 Å². The Labute approximate surface area is 137 Å². The average Bonchev–Trinajstić information content (AvgIpc) is 3.05. The molecule has 1 atom stereocenters. The number of nitrogens with zero attached hydrogens (tertiary/aromatic N) is 1. The largest absolute Gasteiger partial charge is 0.341 e. The summed E-state index contributed by atoms with van der Waals surface area (Å²) in [6, 6.07) is 17.1. The second-order valence-corrected chi connectivity index (χ2v) is 6.51. The first-order valence-electron chi connectivity index (χ1n) is 7.40. The third-order valence-electron chi connectivity index (χ3n) is 4.16. The van der Waals surface area contributed by atoms with Crippen LogP contribution < -0.4 is 5.32 Å². The predicted molar refractivity (Wildman–Crippen MR) is 91.5 cm³/mol. The molecule has 0 radical (unpaired) electrons. The highest BCUT2D eigenvalue weighted by Crippen LogP contribution is 2.26. The summed E-state index contributed by atoms with van der Waals surface area (Å²) >= 11 is 3.47. The summed E-state index contributed by atoms with van der Waals surface area (Å²) in [5, 5.41) is 3.56. The van der Waals surface area contributed by atoms with Gasteiger partial charge in [-0.3, -0.25) is 0 Å². The molecule has 2 N–H and O–H groups in total. The van der Waals surface area contributed by atoms with Gasteiger partial charge in [-0.15, -0.1) is 0 Å². The number of H-pyrrole nitrogens is 1. The van der Waals surface area contributed by atoms with Crippen LogP contribution in [0.1, 0.15) is 23.0 Å². The molecule has 0 saturated carbocycles. The van der Waals surface area contributed by atoms with Crippen molar-refractivity contribution in [2.75, 3.05) is 0 Å². The highest BCUT2D eigenvalue weighted by Gasteiger charge is 2.21. The van der Waals surface area contributed by atoms with E-state index in [1.54, 1.807) is 0 Å². The minimum atomic E-state index is 0.249. The summed E-state index contributed by atoms with van der Waals surface area (Å²) in [5.41, 5.74) is 5.01. The van der Waals surface area contributed by atoms with Crippen molar-refractivity contribution >= 4 is 15.9 Å². The first-order chi connectivity index (χ1) is 10.8. The Bertz CT molecular complexity index is 792. The molecule has 4 rings (SSSR count). The summed E-state index contributed by atoms with van der Waals surface area (Å²) in [5.74, 6) is 1.01. The number of benzene rings is 2. The molecular weight excluding hydrogens is 338 g/mol. The normalized spacial score (nSPS) is 17.2. The fourth-order valence-corrected chi connectivity index (χ4v) is 3.20. The van der Waals surface area contributed by atoms with Crippen molar-refractivity contribution in [3.05, 3.63) is 76.2 Å². The van der Waals surface area contributed by atoms with Gasteiger partial charge in [-0.2, -0.15) is 0 Å². The molecule has 22 heavy (non-hydrogen) atoms. The van der Waals surface area contributed by atoms with E-state index in [4.69, 9.17) is 0 Å². The minimum Gasteiger partial charge on any atom is -0.341 e. The van der Waals surface area contributed by atoms with Gasteiger partial charge in [0.25, 0.3) is 0 Å². The van der Waals surface area contributed by atoms with Crippen LogP contribution in [-0.4, -0.2) is 9.97 Å². The molecule has 1 aliphatic heterocycles. The molecule has 2 aromatic carbocycles. The maximum Gasteiger partial charge on any atom is 0.124 e. The molecule has 2 heterocycles. The number of hydrogen-bond donors (Lipinski definition) is 2. The first kappa shape index (κ1) is 13.7. The van der Waals surface area contributed by atoms with Crippen LogP contribution in [0.3, 0.4) is 0 Å². The van der Waals surface area contributed by atoms with Crippen molar-refractivity contribution in [3.8, 4) is 11.3 Å². The fraction of sp³-hybridized carbons (Fsp3) is 0.167. The zero-order valence-corrected chi connectivity index (χ0v) is 13.6. The zero-order chi connectivity index (χ0) is 14.9. The molecular formula is C18H16BrN3. The lowest BCUT2D eigenvalue weighted by molar-refractivity contribution is 0.480. The molecule has 0 fully saturated rings. The number of fused-ring (bicyclic) bond motifs is 1. The van der Waals surface area contributed by atoms with Crippen LogP contribution in [0.2, 0.25) is 0 Å². The van der Waals surface area contributed by atoms with Gasteiger partial charge >= 0.3 is 0 Å². The van der Waals surface area contributed by atoms with Gasteiger partial charge < -0.3 is 10.3 Å². The van der Waals surface area contributed by atoms with Gasteiger partial charge in [0.15, 0.2) is 0 Å². The minimum absolute atomic E-state index is 0.249. The van der Waals surface area contributed by atoms with E-state index < -0.39 is 0 Å². The zero-order valence-electron chi connectivity index (χ0n) is 12.0. The van der Waals surface area contributed by atoms with Gasteiger partial charge in [-0.1, -0.05) is 52.3 Å². The van der Waals surface area contributed by atoms with E-state index in [1.165, 1.54) is 11.1 Å². The average molecular weight is 354 g/mol. The van der Waals surface area contributed by atoms with Crippen LogP contribution in [0.25, 0.3) is 11.3 Å². The van der Waals surface area contributed by atoms with Crippen molar-refractivity contribution in [2.24, 2.45) is 0 Å². The summed E-state index contributed by atoms with van der Waals surface area (Å²) in [6.07, 6.45) is 2.89. The van der Waals surface area contributed by atoms with Crippen molar-refractivity contribution in [1.29, 1.82) is 0 Å². The molecule has 0 spiro atoms. The molecule has 4 heteroatoms. The van der Waals surface area contributed by atoms with Crippen molar-refractivity contribution in [2.45, 2.75) is 19.0 Å². The van der Waals surface area contributed by atoms with E-state index in [0.717, 1.165) is 34.5 Å². The Kier molecular flexibility index (Phi) is 3.56. The van der Waals surface area contributed by atoms with Gasteiger partial charge in [0.2, 0.25) is 0 Å². The smallest absolute Gasteiger partial charge is 0.124 e. The van der Waals surface area contributed by atoms with Gasteiger partial charge in [0.1, 0.15) is 5.82 Å². The fourth-order valence-electron chi connectivity index (χ4n) is 2.94. The van der Waals surface area contributed by atoms with Crippen LogP contribution in [0.4, 0.5) is 0 Å². The maximum absolute atomic E-state index is 4.58. The van der Waals surface area contributed by atoms with E-state index in [2.05, 4.69) is 67.6 Å². The monoisotopic (exact) mass is 353 g/mol. The molecule has 1 aromatic heterocycles. The van der Waals surface area contributed by atoms with E-state index >= 15 is 0 Å². The van der Waals surface area contributed by atoms with E-state index in [1.807, 2.05) is 18.3 Å². The van der Waals surface area contributed by atoms with Crippen LogP contribution in [-0.2, 0) is 13.0 Å². The van der Waals surface area contributed by atoms with Crippen LogP contribution in [0.5, 0.6) is 0 Å². The molecule has 1 aliphatic rings. The summed E-state index contributed by atoms with van der Waals surface area (Å²) in [4.78, 5) is 8.04. The van der Waals surface area contributed by atoms with Gasteiger partial charge in [-0.05, 0) is 35.2 Å². The molecule has 0 aliphatic carbocycles. The van der Waals surface area contributed by atoms with E-state index in [0.29, 0.717) is 0 Å². The van der Waals surface area contributed by atoms with Gasteiger partial charge in [-0.25, -0.2) is 4.98 Å². The highest BCUT2D eigenvalue weighted by molar-refractivity contribution is 9.10. The number of rotatable bonds is 2. The Hall–Kier alpha value is -1.91. The Morgan fingerprint density at radius 3 is 2.59 bits per heavy atom. The lowest BCUT2D eigenvalue weighted by atomic mass is 9.95. The Morgan fingerprint density at radius 2 is 1.77 bits per heavy atom. The molecule has 3 nitrogen and oxygen atoms in total. The summed E-state index contributed by atoms with van der Waals surface area (Å²) < 4.78 is 1.08. The number of imidazole rings is 1. The second kappa shape index (κ2) is 5.71. The quantitative estimate of drug-likeness (QED) is 0.723. The lowest BCUT2D eigenvalue weighted by Gasteiger charge is -2.24. The molecule has 0 bridgehead atoms. The second-order valence-electron chi connectivity index (χ2n) is 5.60. The number of halogens is 1. The van der Waals surface area contributed by atoms with Crippen LogP contribution in [0.15, 0.2) is 59.2 Å². The topological polar surface area (TPSA) is 40.7 Å². The molecule has 0 saturated heterocycles. The first-order valence-corrected chi connectivity index (χ1v) is 8.20. The van der Waals surface area contributed by atoms with Gasteiger partial charge in [0.05, 0.1) is 17.9 Å². The molecule has 0 amide bonds. The summed E-state index contributed by atoms with van der Waals surface area (Å²) in [7, 11) is 0. The number of aromatic amines is 1. The number of hydrogen-bond acceptors (Lipinski definition) is 2. The SMILES string of the molecule is Brc1ccc(-c2cnc([C@@H]3Cc4ccccc4CN3)[nH]2)cc1. The van der Waals surface area contributed by atoms with Crippen molar-refractivity contribution in [3.63, 3.8) is 0 Å². The number of nitrogens with one attached hydrogen (secondary N) is 2. The molecule has 3 aromatic rings. The molecule has 110 valence electrons. The maximum atomic E-state index is 4.58. The Balaban J connectivity index is 1.59. The lowest BCUT2D eigenvalue weighted by Crippen LogP contribution is -2.29. The predicted octanol–water partition coefficient (Wildman–Crippen LogP) is 4.23. The number of aromatic nitrogens is 2. The van der Waals surface area contributed by atoms with Crippen LogP contribution in [0, 0.1) is 0 Å². The Morgan fingerprint density at radius 1 is 1.00 bits per heavy atom. The van der Waals surface area contributed by atoms with Crippen molar-refractivity contribution < 1.29 is 0 Å². The standard InChI is InChI=1S/C18H16BrN3/c19-15-7-5-12(6-8-15)17-11-21-18(22-17)16-9-13-3-1-2-4-14(13)10-20-16/h1-8,11,16,20H,9-10H2,(H,21,22)/t16-/m0/s1. The van der Waals surface area contributed by atoms with Gasteiger partial charge in [0, 0.05) is 11.0 Å². The summed E-state index contributed by atoms with van der Waals surface area (Å²) in [6.45, 7) is 0.898.